The number of hydrogen-bond acceptors (Lipinski definition) is 5. The third-order valence-electron chi connectivity index (χ3n) is 2.63. The monoisotopic (exact) mass is 260 g/mol. The highest BCUT2D eigenvalue weighted by molar-refractivity contribution is 5.53. The zero-order chi connectivity index (χ0) is 13.7. The van der Waals surface area contributed by atoms with E-state index in [9.17, 15) is 0 Å². The molecular weight excluding hydrogens is 244 g/mol. The molecule has 0 saturated carbocycles. The van der Waals surface area contributed by atoms with E-state index < -0.39 is 0 Å². The fourth-order valence-corrected chi connectivity index (χ4v) is 1.62. The zero-order valence-electron chi connectivity index (χ0n) is 10.9. The number of hydrogen-bond donors (Lipinski definition) is 2. The Bertz CT molecular complexity index is 519. The first-order chi connectivity index (χ1) is 9.21. The van der Waals surface area contributed by atoms with Gasteiger partial charge in [0.1, 0.15) is 17.2 Å². The molecule has 1 aromatic carbocycles. The van der Waals surface area contributed by atoms with Crippen molar-refractivity contribution in [2.75, 3.05) is 19.5 Å². The van der Waals surface area contributed by atoms with Crippen LogP contribution in [0.4, 0.5) is 5.69 Å². The van der Waals surface area contributed by atoms with Crippen LogP contribution in [-0.2, 0) is 6.54 Å². The van der Waals surface area contributed by atoms with E-state index in [2.05, 4.69) is 10.3 Å². The summed E-state index contributed by atoms with van der Waals surface area (Å²) in [5, 5.41) is 12.4. The average Bonchev–Trinajstić information content (AvgIpc) is 2.46. The maximum Gasteiger partial charge on any atom is 0.133 e. The quantitative estimate of drug-likeness (QED) is 0.864. The van der Waals surface area contributed by atoms with E-state index in [1.54, 1.807) is 26.4 Å². The smallest absolute Gasteiger partial charge is 0.133 e. The minimum absolute atomic E-state index is 0.159. The fraction of sp³-hybridized carbons (Fsp3) is 0.214. The molecule has 0 atom stereocenters. The highest BCUT2D eigenvalue weighted by Gasteiger charge is 2.02. The molecule has 19 heavy (non-hydrogen) atoms. The van der Waals surface area contributed by atoms with Crippen LogP contribution in [0, 0.1) is 0 Å². The van der Waals surface area contributed by atoms with Gasteiger partial charge in [-0.3, -0.25) is 4.98 Å². The summed E-state index contributed by atoms with van der Waals surface area (Å²) in [7, 11) is 3.22. The number of nitrogens with one attached hydrogen (secondary N) is 1. The van der Waals surface area contributed by atoms with Gasteiger partial charge in [0, 0.05) is 23.9 Å². The Morgan fingerprint density at radius 3 is 2.32 bits per heavy atom. The molecule has 0 aliphatic rings. The second-order valence-electron chi connectivity index (χ2n) is 3.96. The summed E-state index contributed by atoms with van der Waals surface area (Å²) in [6.45, 7) is 0.552. The minimum Gasteiger partial charge on any atom is -0.506 e. The number of anilines is 1. The molecule has 0 amide bonds. The summed E-state index contributed by atoms with van der Waals surface area (Å²) in [6, 6.07) is 8.94. The maximum absolute atomic E-state index is 9.16. The largest absolute Gasteiger partial charge is 0.506 e. The lowest BCUT2D eigenvalue weighted by atomic mass is 10.2. The van der Waals surface area contributed by atoms with Crippen molar-refractivity contribution >= 4 is 5.69 Å². The second kappa shape index (κ2) is 5.95. The second-order valence-corrected chi connectivity index (χ2v) is 3.96. The summed E-state index contributed by atoms with van der Waals surface area (Å²) in [5.41, 5.74) is 1.71. The molecule has 1 aromatic heterocycles. The van der Waals surface area contributed by atoms with E-state index in [0.29, 0.717) is 6.54 Å². The predicted octanol–water partition coefficient (Wildman–Crippen LogP) is 2.42. The van der Waals surface area contributed by atoms with Crippen LogP contribution in [0.5, 0.6) is 17.2 Å². The van der Waals surface area contributed by atoms with Crippen LogP contribution in [-0.4, -0.2) is 24.3 Å². The number of benzene rings is 1. The molecule has 1 heterocycles. The molecule has 0 radical (unpaired) electrons. The third kappa shape index (κ3) is 3.51. The Kier molecular flexibility index (Phi) is 4.07. The molecule has 2 rings (SSSR count). The van der Waals surface area contributed by atoms with Gasteiger partial charge in [-0.2, -0.15) is 0 Å². The number of pyridine rings is 1. The van der Waals surface area contributed by atoms with Crippen molar-refractivity contribution in [3.8, 4) is 17.2 Å². The standard InChI is InChI=1S/C14H16N2O3/c1-18-13-5-11(6-14(7-13)19-2)15-8-10-3-4-12(17)9-16-10/h3-7,9,15,17H,8H2,1-2H3. The highest BCUT2D eigenvalue weighted by Crippen LogP contribution is 2.26. The van der Waals surface area contributed by atoms with Crippen LogP contribution in [0.2, 0.25) is 0 Å². The molecule has 2 N–H and O–H groups in total. The summed E-state index contributed by atoms with van der Waals surface area (Å²) in [6.07, 6.45) is 1.42. The zero-order valence-corrected chi connectivity index (χ0v) is 10.9. The number of methoxy groups -OCH3 is 2. The summed E-state index contributed by atoms with van der Waals surface area (Å²) in [4.78, 5) is 4.10. The van der Waals surface area contributed by atoms with Gasteiger partial charge < -0.3 is 19.9 Å². The normalized spacial score (nSPS) is 10.0. The van der Waals surface area contributed by atoms with Crippen molar-refractivity contribution in [2.45, 2.75) is 6.54 Å². The molecule has 5 heteroatoms. The summed E-state index contributed by atoms with van der Waals surface area (Å²) in [5.74, 6) is 1.60. The molecule has 0 aliphatic heterocycles. The Balaban J connectivity index is 2.08. The van der Waals surface area contributed by atoms with Gasteiger partial charge >= 0.3 is 0 Å². The van der Waals surface area contributed by atoms with Gasteiger partial charge in [-0.25, -0.2) is 0 Å². The Labute approximate surface area is 111 Å². The van der Waals surface area contributed by atoms with Crippen LogP contribution < -0.4 is 14.8 Å². The number of ether oxygens (including phenoxy) is 2. The van der Waals surface area contributed by atoms with E-state index in [4.69, 9.17) is 14.6 Å². The van der Waals surface area contributed by atoms with E-state index in [0.717, 1.165) is 22.9 Å². The van der Waals surface area contributed by atoms with E-state index in [1.807, 2.05) is 18.2 Å². The van der Waals surface area contributed by atoms with Gasteiger partial charge in [-0.1, -0.05) is 0 Å². The fourth-order valence-electron chi connectivity index (χ4n) is 1.62. The van der Waals surface area contributed by atoms with Gasteiger partial charge in [0.25, 0.3) is 0 Å². The number of nitrogens with zero attached hydrogens (tertiary/aromatic N) is 1. The molecule has 0 aliphatic carbocycles. The molecule has 5 nitrogen and oxygen atoms in total. The number of aromatic nitrogens is 1. The molecule has 0 fully saturated rings. The van der Waals surface area contributed by atoms with Gasteiger partial charge in [0.05, 0.1) is 32.7 Å². The van der Waals surface area contributed by atoms with Gasteiger partial charge in [0.2, 0.25) is 0 Å². The van der Waals surface area contributed by atoms with Crippen molar-refractivity contribution in [3.05, 3.63) is 42.2 Å². The van der Waals surface area contributed by atoms with Crippen molar-refractivity contribution in [1.82, 2.24) is 4.98 Å². The SMILES string of the molecule is COc1cc(NCc2ccc(O)cn2)cc(OC)c1. The van der Waals surface area contributed by atoms with Crippen molar-refractivity contribution < 1.29 is 14.6 Å². The van der Waals surface area contributed by atoms with Crippen molar-refractivity contribution in [2.24, 2.45) is 0 Å². The molecule has 0 spiro atoms. The molecule has 0 bridgehead atoms. The minimum atomic E-state index is 0.159. The summed E-state index contributed by atoms with van der Waals surface area (Å²) >= 11 is 0. The lowest BCUT2D eigenvalue weighted by molar-refractivity contribution is 0.394. The summed E-state index contributed by atoms with van der Waals surface area (Å²) < 4.78 is 10.4. The van der Waals surface area contributed by atoms with Crippen LogP contribution in [0.25, 0.3) is 0 Å². The Morgan fingerprint density at radius 2 is 1.79 bits per heavy atom. The topological polar surface area (TPSA) is 63.6 Å². The Hall–Kier alpha value is -2.43. The Morgan fingerprint density at radius 1 is 1.11 bits per heavy atom. The van der Waals surface area contributed by atoms with Gasteiger partial charge in [-0.15, -0.1) is 0 Å². The molecule has 100 valence electrons. The third-order valence-corrected chi connectivity index (χ3v) is 2.63. The van der Waals surface area contributed by atoms with Gasteiger partial charge in [0.15, 0.2) is 0 Å². The van der Waals surface area contributed by atoms with Crippen LogP contribution in [0.3, 0.4) is 0 Å². The van der Waals surface area contributed by atoms with E-state index in [1.165, 1.54) is 6.20 Å². The molecule has 2 aromatic rings. The van der Waals surface area contributed by atoms with Crippen LogP contribution in [0.1, 0.15) is 5.69 Å². The first kappa shape index (κ1) is 13.0. The van der Waals surface area contributed by atoms with Crippen LogP contribution >= 0.6 is 0 Å². The lowest BCUT2D eigenvalue weighted by Crippen LogP contribution is -2.01. The van der Waals surface area contributed by atoms with Crippen molar-refractivity contribution in [1.29, 1.82) is 0 Å². The first-order valence-corrected chi connectivity index (χ1v) is 5.82. The first-order valence-electron chi connectivity index (χ1n) is 5.82. The molecule has 0 unspecified atom stereocenters. The van der Waals surface area contributed by atoms with Crippen LogP contribution in [0.15, 0.2) is 36.5 Å². The lowest BCUT2D eigenvalue weighted by Gasteiger charge is -2.10. The highest BCUT2D eigenvalue weighted by atomic mass is 16.5. The maximum atomic E-state index is 9.16. The number of aromatic hydroxyl groups is 1. The number of rotatable bonds is 5. The molecule has 0 saturated heterocycles. The van der Waals surface area contributed by atoms with E-state index >= 15 is 0 Å². The average molecular weight is 260 g/mol. The van der Waals surface area contributed by atoms with E-state index in [-0.39, 0.29) is 5.75 Å². The van der Waals surface area contributed by atoms with Crippen molar-refractivity contribution in [3.63, 3.8) is 0 Å². The molecular formula is C14H16N2O3. The van der Waals surface area contributed by atoms with Gasteiger partial charge in [-0.05, 0) is 12.1 Å². The predicted molar refractivity (Wildman–Crippen MR) is 72.8 cm³/mol.